The number of thiol groups is 2. The molecular formula is C14H30S5. The summed E-state index contributed by atoms with van der Waals surface area (Å²) < 4.78 is 0. The van der Waals surface area contributed by atoms with Crippen LogP contribution in [0.15, 0.2) is 0 Å². The molecule has 0 aliphatic carbocycles. The molecule has 0 saturated carbocycles. The summed E-state index contributed by atoms with van der Waals surface area (Å²) in [4.78, 5) is 0. The van der Waals surface area contributed by atoms with E-state index in [0.29, 0.717) is 0 Å². The Hall–Kier alpha value is 1.75. The number of thioether (sulfide) groups is 3. The molecule has 0 bridgehead atoms. The number of unbranched alkanes of at least 4 members (excludes halogenated alkanes) is 3. The molecule has 0 fully saturated rings. The van der Waals surface area contributed by atoms with E-state index in [0.717, 1.165) is 11.5 Å². The van der Waals surface area contributed by atoms with Gasteiger partial charge in [-0.3, -0.25) is 0 Å². The molecule has 19 heavy (non-hydrogen) atoms. The number of hydrogen-bond donors (Lipinski definition) is 2. The zero-order valence-corrected chi connectivity index (χ0v) is 16.3. The predicted octanol–water partition coefficient (Wildman–Crippen LogP) is 5.39. The minimum atomic E-state index is 1.02. The molecule has 0 rings (SSSR count). The largest absolute Gasteiger partial charge is 0.179 e. The quantitative estimate of drug-likeness (QED) is 0.281. The maximum absolute atomic E-state index is 4.23. The fourth-order valence-corrected chi connectivity index (χ4v) is 4.90. The van der Waals surface area contributed by atoms with Crippen LogP contribution in [0, 0.1) is 0 Å². The molecule has 0 unspecified atom stereocenters. The van der Waals surface area contributed by atoms with E-state index >= 15 is 0 Å². The third kappa shape index (κ3) is 19.8. The van der Waals surface area contributed by atoms with Gasteiger partial charge in [0.05, 0.1) is 0 Å². The first kappa shape index (κ1) is 20.8. The molecule has 0 aliphatic heterocycles. The monoisotopic (exact) mass is 358 g/mol. The first-order valence-electron chi connectivity index (χ1n) is 7.36. The van der Waals surface area contributed by atoms with Crippen molar-refractivity contribution in [2.75, 3.05) is 46.0 Å². The lowest BCUT2D eigenvalue weighted by atomic mass is 10.4. The van der Waals surface area contributed by atoms with Gasteiger partial charge in [0.15, 0.2) is 0 Å². The molecular weight excluding hydrogens is 328 g/mol. The van der Waals surface area contributed by atoms with Crippen molar-refractivity contribution in [1.29, 1.82) is 0 Å². The van der Waals surface area contributed by atoms with Crippen LogP contribution >= 0.6 is 60.5 Å². The van der Waals surface area contributed by atoms with Crippen molar-refractivity contribution in [2.24, 2.45) is 0 Å². The molecule has 0 amide bonds. The van der Waals surface area contributed by atoms with E-state index < -0.39 is 0 Å². The summed E-state index contributed by atoms with van der Waals surface area (Å²) in [6, 6.07) is 0. The molecule has 0 spiro atoms. The van der Waals surface area contributed by atoms with Crippen molar-refractivity contribution in [1.82, 2.24) is 0 Å². The Bertz CT molecular complexity index is 139. The topological polar surface area (TPSA) is 0 Å². The van der Waals surface area contributed by atoms with Gasteiger partial charge in [0.2, 0.25) is 0 Å². The Balaban J connectivity index is 2.88. The molecule has 5 heteroatoms. The Labute approximate surface area is 144 Å². The van der Waals surface area contributed by atoms with Crippen molar-refractivity contribution < 1.29 is 0 Å². The van der Waals surface area contributed by atoms with E-state index in [1.165, 1.54) is 73.0 Å². The normalized spacial score (nSPS) is 11.1. The van der Waals surface area contributed by atoms with E-state index in [4.69, 9.17) is 0 Å². The smallest absolute Gasteiger partial charge is 0.00210 e. The van der Waals surface area contributed by atoms with Gasteiger partial charge < -0.3 is 0 Å². The fourth-order valence-electron chi connectivity index (χ4n) is 1.50. The van der Waals surface area contributed by atoms with Gasteiger partial charge in [0.25, 0.3) is 0 Å². The number of rotatable bonds is 16. The van der Waals surface area contributed by atoms with Gasteiger partial charge in [0, 0.05) is 5.75 Å². The summed E-state index contributed by atoms with van der Waals surface area (Å²) in [6.45, 7) is 0. The van der Waals surface area contributed by atoms with E-state index in [-0.39, 0.29) is 0 Å². The lowest BCUT2D eigenvalue weighted by Gasteiger charge is -2.03. The zero-order chi connectivity index (χ0) is 14.0. The van der Waals surface area contributed by atoms with Crippen molar-refractivity contribution in [3.8, 4) is 0 Å². The average Bonchev–Trinajstić information content (AvgIpc) is 2.43. The Morgan fingerprint density at radius 2 is 0.789 bits per heavy atom. The first-order chi connectivity index (χ1) is 9.41. The van der Waals surface area contributed by atoms with Gasteiger partial charge in [-0.05, 0) is 78.8 Å². The van der Waals surface area contributed by atoms with Crippen LogP contribution < -0.4 is 0 Å². The Kier molecular flexibility index (Phi) is 21.6. The molecule has 0 aromatic rings. The lowest BCUT2D eigenvalue weighted by Crippen LogP contribution is -1.90. The fraction of sp³-hybridized carbons (Fsp3) is 1.00. The van der Waals surface area contributed by atoms with Crippen LogP contribution in [0.1, 0.15) is 38.5 Å². The van der Waals surface area contributed by atoms with Gasteiger partial charge in [-0.2, -0.15) is 60.5 Å². The van der Waals surface area contributed by atoms with E-state index in [1.54, 1.807) is 0 Å². The minimum Gasteiger partial charge on any atom is -0.179 e. The Morgan fingerprint density at radius 3 is 1.16 bits per heavy atom. The van der Waals surface area contributed by atoms with Crippen molar-refractivity contribution in [3.63, 3.8) is 0 Å². The predicted molar refractivity (Wildman–Crippen MR) is 107 cm³/mol. The molecule has 0 heterocycles. The van der Waals surface area contributed by atoms with Crippen molar-refractivity contribution in [3.05, 3.63) is 0 Å². The van der Waals surface area contributed by atoms with E-state index in [1.807, 2.05) is 11.8 Å². The van der Waals surface area contributed by atoms with Crippen LogP contribution in [0.5, 0.6) is 0 Å². The van der Waals surface area contributed by atoms with Gasteiger partial charge in [-0.1, -0.05) is 0 Å². The summed E-state index contributed by atoms with van der Waals surface area (Å²) in [5.41, 5.74) is 0. The molecule has 0 radical (unpaired) electrons. The van der Waals surface area contributed by atoms with Gasteiger partial charge >= 0.3 is 0 Å². The minimum absolute atomic E-state index is 1.02. The Morgan fingerprint density at radius 1 is 0.421 bits per heavy atom. The SMILES string of the molecule is SCCCCSCCCCSCCCCSCCS. The van der Waals surface area contributed by atoms with E-state index in [2.05, 4.69) is 48.8 Å². The van der Waals surface area contributed by atoms with E-state index in [9.17, 15) is 0 Å². The van der Waals surface area contributed by atoms with Crippen LogP contribution in [0.4, 0.5) is 0 Å². The average molecular weight is 359 g/mol. The number of hydrogen-bond acceptors (Lipinski definition) is 5. The summed E-state index contributed by atoms with van der Waals surface area (Å²) >= 11 is 14.7. The second-order valence-electron chi connectivity index (χ2n) is 4.41. The molecule has 0 aromatic heterocycles. The molecule has 0 aliphatic rings. The van der Waals surface area contributed by atoms with Crippen LogP contribution in [-0.4, -0.2) is 46.0 Å². The zero-order valence-electron chi connectivity index (χ0n) is 12.0. The maximum Gasteiger partial charge on any atom is 0.00210 e. The maximum atomic E-state index is 4.23. The summed E-state index contributed by atoms with van der Waals surface area (Å²) in [6.07, 6.45) is 8.19. The van der Waals surface area contributed by atoms with Crippen molar-refractivity contribution in [2.45, 2.75) is 38.5 Å². The third-order valence-corrected chi connectivity index (χ3v) is 6.81. The highest BCUT2D eigenvalue weighted by Gasteiger charge is 1.94. The van der Waals surface area contributed by atoms with Gasteiger partial charge in [-0.15, -0.1) is 0 Å². The van der Waals surface area contributed by atoms with Crippen LogP contribution in [0.25, 0.3) is 0 Å². The molecule has 0 nitrogen and oxygen atoms in total. The molecule has 0 N–H and O–H groups in total. The summed E-state index contributed by atoms with van der Waals surface area (Å²) in [5, 5.41) is 0. The molecule has 0 saturated heterocycles. The second kappa shape index (κ2) is 19.8. The highest BCUT2D eigenvalue weighted by atomic mass is 32.2. The summed E-state index contributed by atoms with van der Waals surface area (Å²) in [5.74, 6) is 10.0. The standard InChI is InChI=1S/C14H30S5/c15-7-1-2-9-17-10-3-4-11-18-12-5-6-13-19-14-8-16/h15-16H,1-14H2. The van der Waals surface area contributed by atoms with Crippen LogP contribution in [0.2, 0.25) is 0 Å². The summed E-state index contributed by atoms with van der Waals surface area (Å²) in [7, 11) is 0. The first-order valence-corrected chi connectivity index (χ1v) is 12.1. The molecule has 0 aromatic carbocycles. The molecule has 116 valence electrons. The van der Waals surface area contributed by atoms with Gasteiger partial charge in [-0.25, -0.2) is 0 Å². The third-order valence-electron chi connectivity index (χ3n) is 2.59. The highest BCUT2D eigenvalue weighted by molar-refractivity contribution is 8.00. The lowest BCUT2D eigenvalue weighted by molar-refractivity contribution is 0.883. The van der Waals surface area contributed by atoms with Crippen LogP contribution in [-0.2, 0) is 0 Å². The molecule has 0 atom stereocenters. The second-order valence-corrected chi connectivity index (χ2v) is 8.97. The highest BCUT2D eigenvalue weighted by Crippen LogP contribution is 2.13. The van der Waals surface area contributed by atoms with Gasteiger partial charge in [0.1, 0.15) is 0 Å². The van der Waals surface area contributed by atoms with Crippen molar-refractivity contribution >= 4 is 60.5 Å². The van der Waals surface area contributed by atoms with Crippen LogP contribution in [0.3, 0.4) is 0 Å².